The molecule has 6 nitrogen and oxygen atoms in total. The fourth-order valence-electron chi connectivity index (χ4n) is 2.87. The summed E-state index contributed by atoms with van der Waals surface area (Å²) in [5.74, 6) is -0.608. The number of carbonyl (C=O) groups excluding carboxylic acids is 1. The number of hydrogen-bond donors (Lipinski definition) is 2. The lowest BCUT2D eigenvalue weighted by Crippen LogP contribution is -2.27. The molecule has 0 saturated carbocycles. The van der Waals surface area contributed by atoms with E-state index in [1.165, 1.54) is 18.2 Å². The highest BCUT2D eigenvalue weighted by atomic mass is 19.4. The fraction of sp³-hybridized carbons (Fsp3) is 0.250. The number of fused-ring (bicyclic) bond motifs is 1. The van der Waals surface area contributed by atoms with Crippen LogP contribution in [0.1, 0.15) is 35.5 Å². The molecule has 0 aliphatic rings. The summed E-state index contributed by atoms with van der Waals surface area (Å²) in [6, 6.07) is 9.94. The van der Waals surface area contributed by atoms with E-state index in [0.29, 0.717) is 5.39 Å². The van der Waals surface area contributed by atoms with Gasteiger partial charge in [-0.15, -0.1) is 0 Å². The summed E-state index contributed by atoms with van der Waals surface area (Å²) >= 11 is 0. The molecule has 2 aromatic carbocycles. The Hall–Kier alpha value is -3.36. The second kappa shape index (κ2) is 7.94. The second-order valence-electron chi connectivity index (χ2n) is 6.61. The number of alkyl halides is 3. The Kier molecular flexibility index (Phi) is 5.58. The van der Waals surface area contributed by atoms with Gasteiger partial charge in [-0.2, -0.15) is 18.3 Å². The summed E-state index contributed by atoms with van der Waals surface area (Å²) in [5.41, 5.74) is -1.54. The molecule has 1 aromatic heterocycles. The van der Waals surface area contributed by atoms with Gasteiger partial charge < -0.3 is 10.1 Å². The minimum Gasteiger partial charge on any atom is -0.491 e. The van der Waals surface area contributed by atoms with E-state index in [0.717, 1.165) is 6.07 Å². The molecule has 0 aliphatic carbocycles. The highest BCUT2D eigenvalue weighted by Gasteiger charge is 2.34. The van der Waals surface area contributed by atoms with Gasteiger partial charge in [-0.25, -0.2) is 5.10 Å². The summed E-state index contributed by atoms with van der Waals surface area (Å²) < 4.78 is 45.7. The third-order valence-corrected chi connectivity index (χ3v) is 4.11. The van der Waals surface area contributed by atoms with Crippen LogP contribution in [0.25, 0.3) is 10.8 Å². The Balaban J connectivity index is 1.87. The molecule has 0 radical (unpaired) electrons. The average Bonchev–Trinajstić information content (AvgIpc) is 2.66. The lowest BCUT2D eigenvalue weighted by molar-refractivity contribution is -0.138. The molecular weight excluding hydrogens is 387 g/mol. The van der Waals surface area contributed by atoms with Crippen molar-refractivity contribution in [3.8, 4) is 5.75 Å². The maximum atomic E-state index is 13.4. The van der Waals surface area contributed by atoms with Crippen LogP contribution in [0.15, 0.2) is 47.3 Å². The molecule has 1 heterocycles. The van der Waals surface area contributed by atoms with Crippen LogP contribution in [-0.4, -0.2) is 22.2 Å². The van der Waals surface area contributed by atoms with Gasteiger partial charge in [0.15, 0.2) is 5.69 Å². The van der Waals surface area contributed by atoms with Gasteiger partial charge in [0.1, 0.15) is 5.75 Å². The Morgan fingerprint density at radius 2 is 1.86 bits per heavy atom. The van der Waals surface area contributed by atoms with Gasteiger partial charge in [0.05, 0.1) is 17.1 Å². The van der Waals surface area contributed by atoms with Crippen molar-refractivity contribution in [1.82, 2.24) is 15.5 Å². The molecule has 0 atom stereocenters. The van der Waals surface area contributed by atoms with Crippen LogP contribution in [0.2, 0.25) is 0 Å². The second-order valence-corrected chi connectivity index (χ2v) is 6.61. The van der Waals surface area contributed by atoms with Crippen molar-refractivity contribution < 1.29 is 22.7 Å². The SMILES string of the molecule is CC(C)Oc1ccc(CNC(=O)c2n[nH]c(=O)c3ccccc23)c(C(F)(F)F)c1. The van der Waals surface area contributed by atoms with Crippen LogP contribution in [0.5, 0.6) is 5.75 Å². The monoisotopic (exact) mass is 405 g/mol. The molecule has 3 rings (SSSR count). The first-order valence-electron chi connectivity index (χ1n) is 8.79. The van der Waals surface area contributed by atoms with E-state index < -0.39 is 23.2 Å². The first kappa shape index (κ1) is 20.4. The molecule has 29 heavy (non-hydrogen) atoms. The first-order valence-corrected chi connectivity index (χ1v) is 8.79. The molecule has 0 fully saturated rings. The van der Waals surface area contributed by atoms with Crippen LogP contribution in [0.3, 0.4) is 0 Å². The van der Waals surface area contributed by atoms with Crippen molar-refractivity contribution in [2.24, 2.45) is 0 Å². The minimum absolute atomic E-state index is 0.0754. The summed E-state index contributed by atoms with van der Waals surface area (Å²) in [6.45, 7) is 3.05. The summed E-state index contributed by atoms with van der Waals surface area (Å²) in [7, 11) is 0. The number of aromatic nitrogens is 2. The number of rotatable bonds is 5. The quantitative estimate of drug-likeness (QED) is 0.679. The molecule has 0 unspecified atom stereocenters. The van der Waals surface area contributed by atoms with Crippen LogP contribution in [0, 0.1) is 0 Å². The Labute approximate surface area is 163 Å². The normalized spacial score (nSPS) is 11.7. The fourth-order valence-corrected chi connectivity index (χ4v) is 2.87. The van der Waals surface area contributed by atoms with E-state index in [2.05, 4.69) is 15.5 Å². The predicted octanol–water partition coefficient (Wildman–Crippen LogP) is 3.66. The molecular formula is C20H18F3N3O3. The average molecular weight is 405 g/mol. The maximum absolute atomic E-state index is 13.4. The first-order chi connectivity index (χ1) is 13.7. The largest absolute Gasteiger partial charge is 0.491 e. The van der Waals surface area contributed by atoms with E-state index in [4.69, 9.17) is 4.74 Å². The molecule has 2 N–H and O–H groups in total. The van der Waals surface area contributed by atoms with E-state index in [9.17, 15) is 22.8 Å². The Morgan fingerprint density at radius 1 is 1.17 bits per heavy atom. The molecule has 0 spiro atoms. The molecule has 3 aromatic rings. The summed E-state index contributed by atoms with van der Waals surface area (Å²) in [6.07, 6.45) is -4.89. The number of amides is 1. The van der Waals surface area contributed by atoms with Crippen LogP contribution < -0.4 is 15.6 Å². The molecule has 0 aliphatic heterocycles. The molecule has 1 amide bonds. The number of ether oxygens (including phenoxy) is 1. The van der Waals surface area contributed by atoms with E-state index >= 15 is 0 Å². The molecule has 0 bridgehead atoms. The zero-order valence-corrected chi connectivity index (χ0v) is 15.6. The van der Waals surface area contributed by atoms with Gasteiger partial charge in [0, 0.05) is 11.9 Å². The number of benzene rings is 2. The number of aromatic amines is 1. The predicted molar refractivity (Wildman–Crippen MR) is 101 cm³/mol. The summed E-state index contributed by atoms with van der Waals surface area (Å²) in [4.78, 5) is 24.3. The smallest absolute Gasteiger partial charge is 0.416 e. The van der Waals surface area contributed by atoms with Gasteiger partial charge in [0.2, 0.25) is 0 Å². The zero-order valence-electron chi connectivity index (χ0n) is 15.6. The van der Waals surface area contributed by atoms with Crippen LogP contribution >= 0.6 is 0 Å². The lowest BCUT2D eigenvalue weighted by Gasteiger charge is -2.17. The van der Waals surface area contributed by atoms with Gasteiger partial charge in [-0.1, -0.05) is 24.3 Å². The lowest BCUT2D eigenvalue weighted by atomic mass is 10.1. The Morgan fingerprint density at radius 3 is 2.52 bits per heavy atom. The maximum Gasteiger partial charge on any atom is 0.416 e. The van der Waals surface area contributed by atoms with Crippen LogP contribution in [-0.2, 0) is 12.7 Å². The van der Waals surface area contributed by atoms with Crippen molar-refractivity contribution in [1.29, 1.82) is 0 Å². The summed E-state index contributed by atoms with van der Waals surface area (Å²) in [5, 5.41) is 8.97. The molecule has 152 valence electrons. The number of carbonyl (C=O) groups is 1. The highest BCUT2D eigenvalue weighted by molar-refractivity contribution is 6.04. The van der Waals surface area contributed by atoms with Gasteiger partial charge in [-0.3, -0.25) is 9.59 Å². The van der Waals surface area contributed by atoms with Gasteiger partial charge in [0.25, 0.3) is 11.5 Å². The number of hydrogen-bond acceptors (Lipinski definition) is 4. The zero-order chi connectivity index (χ0) is 21.2. The van der Waals surface area contributed by atoms with E-state index in [-0.39, 0.29) is 35.0 Å². The number of H-pyrrole nitrogens is 1. The van der Waals surface area contributed by atoms with Crippen molar-refractivity contribution >= 4 is 16.7 Å². The third-order valence-electron chi connectivity index (χ3n) is 4.11. The molecule has 9 heteroatoms. The number of nitrogens with zero attached hydrogens (tertiary/aromatic N) is 1. The number of halogens is 3. The van der Waals surface area contributed by atoms with Gasteiger partial charge >= 0.3 is 6.18 Å². The minimum atomic E-state index is -4.61. The molecule has 0 saturated heterocycles. The van der Waals surface area contributed by atoms with E-state index in [1.54, 1.807) is 32.0 Å². The van der Waals surface area contributed by atoms with Crippen molar-refractivity contribution in [3.05, 3.63) is 69.6 Å². The van der Waals surface area contributed by atoms with Gasteiger partial charge in [-0.05, 0) is 37.6 Å². The van der Waals surface area contributed by atoms with E-state index in [1.807, 2.05) is 0 Å². The highest BCUT2D eigenvalue weighted by Crippen LogP contribution is 2.34. The van der Waals surface area contributed by atoms with Crippen LogP contribution in [0.4, 0.5) is 13.2 Å². The third kappa shape index (κ3) is 4.56. The van der Waals surface area contributed by atoms with Crippen molar-refractivity contribution in [3.63, 3.8) is 0 Å². The topological polar surface area (TPSA) is 84.1 Å². The Bertz CT molecular complexity index is 1110. The standard InChI is InChI=1S/C20H18F3N3O3/c1-11(2)29-13-8-7-12(16(9-13)20(21,22)23)10-24-19(28)17-14-5-3-4-6-15(14)18(27)26-25-17/h3-9,11H,10H2,1-2H3,(H,24,28)(H,26,27). The van der Waals surface area contributed by atoms with Crippen molar-refractivity contribution in [2.45, 2.75) is 32.7 Å². The van der Waals surface area contributed by atoms with Crippen molar-refractivity contribution in [2.75, 3.05) is 0 Å². The number of nitrogens with one attached hydrogen (secondary N) is 2.